The molecule has 0 unspecified atom stereocenters. The third kappa shape index (κ3) is 6.62. The summed E-state index contributed by atoms with van der Waals surface area (Å²) in [7, 11) is -6.50. The number of hydrogen-bond donors (Lipinski definition) is 3. The number of ether oxygens (including phenoxy) is 2. The summed E-state index contributed by atoms with van der Waals surface area (Å²) in [4.78, 5) is 25.1. The van der Waals surface area contributed by atoms with Crippen LogP contribution < -0.4 is 20.3 Å². The molecule has 0 radical (unpaired) electrons. The van der Waals surface area contributed by atoms with Crippen molar-refractivity contribution in [3.8, 4) is 22.7 Å². The first-order chi connectivity index (χ1) is 18.3. The Morgan fingerprint density at radius 1 is 0.974 bits per heavy atom. The number of benzene rings is 2. The summed E-state index contributed by atoms with van der Waals surface area (Å²) >= 11 is 0.528. The van der Waals surface area contributed by atoms with E-state index in [0.717, 1.165) is 0 Å². The molecule has 0 spiro atoms. The molecule has 18 heteroatoms. The van der Waals surface area contributed by atoms with Crippen molar-refractivity contribution < 1.29 is 35.9 Å². The number of methoxy groups -OCH3 is 1. The third-order valence-corrected chi connectivity index (χ3v) is 8.04. The standard InChI is InChI=1S/C21H19N7O8S3/c1-35-14-6-2-12(3-7-14)18-16(10-28(27-18)13-4-8-15(9-5-13)38(22,31)32)19(30)36-11-17(29)24-20-25-26-21(37-20)39(23,33)34/h2-10H,11H2,1H3,(H2,22,31,32)(H2,23,33,34)(H,24,25,29). The molecular weight excluding hydrogens is 574 g/mol. The highest BCUT2D eigenvalue weighted by molar-refractivity contribution is 7.91. The lowest BCUT2D eigenvalue weighted by molar-refractivity contribution is -0.119. The summed E-state index contributed by atoms with van der Waals surface area (Å²) < 4.78 is 56.9. The van der Waals surface area contributed by atoms with E-state index >= 15 is 0 Å². The van der Waals surface area contributed by atoms with Crippen molar-refractivity contribution in [2.24, 2.45) is 10.3 Å². The highest BCUT2D eigenvalue weighted by Gasteiger charge is 2.22. The van der Waals surface area contributed by atoms with Crippen LogP contribution in [0.15, 0.2) is 64.0 Å². The highest BCUT2D eigenvalue weighted by atomic mass is 32.2. The van der Waals surface area contributed by atoms with E-state index in [0.29, 0.717) is 28.3 Å². The van der Waals surface area contributed by atoms with Gasteiger partial charge in [0.05, 0.1) is 17.7 Å². The van der Waals surface area contributed by atoms with E-state index in [1.807, 2.05) is 0 Å². The van der Waals surface area contributed by atoms with Gasteiger partial charge >= 0.3 is 5.97 Å². The van der Waals surface area contributed by atoms with Crippen molar-refractivity contribution in [3.05, 3.63) is 60.3 Å². The third-order valence-electron chi connectivity index (χ3n) is 4.96. The van der Waals surface area contributed by atoms with Crippen LogP contribution in [0.5, 0.6) is 5.75 Å². The summed E-state index contributed by atoms with van der Waals surface area (Å²) in [6, 6.07) is 12.1. The Kier molecular flexibility index (Phi) is 7.74. The van der Waals surface area contributed by atoms with Gasteiger partial charge in [-0.3, -0.25) is 10.1 Å². The number of nitrogens with one attached hydrogen (secondary N) is 1. The molecule has 0 saturated heterocycles. The number of carbonyl (C=O) groups excluding carboxylic acids is 2. The summed E-state index contributed by atoms with van der Waals surface area (Å²) in [5, 5.41) is 23.5. The predicted octanol–water partition coefficient (Wildman–Crippen LogP) is 0.490. The zero-order valence-corrected chi connectivity index (χ0v) is 22.3. The molecule has 2 aromatic heterocycles. The quantitative estimate of drug-likeness (QED) is 0.179. The lowest BCUT2D eigenvalue weighted by Gasteiger charge is -2.05. The summed E-state index contributed by atoms with van der Waals surface area (Å²) in [6.45, 7) is -0.737. The van der Waals surface area contributed by atoms with Crippen molar-refractivity contribution in [2.45, 2.75) is 9.24 Å². The van der Waals surface area contributed by atoms with Gasteiger partial charge in [0.2, 0.25) is 19.5 Å². The van der Waals surface area contributed by atoms with Crippen molar-refractivity contribution in [1.29, 1.82) is 0 Å². The van der Waals surface area contributed by atoms with Crippen molar-refractivity contribution >= 4 is 48.4 Å². The fraction of sp³-hybridized carbons (Fsp3) is 0.0952. The van der Waals surface area contributed by atoms with Crippen molar-refractivity contribution in [3.63, 3.8) is 0 Å². The van der Waals surface area contributed by atoms with Crippen LogP contribution >= 0.6 is 11.3 Å². The smallest absolute Gasteiger partial charge is 0.342 e. The maximum absolute atomic E-state index is 13.0. The fourth-order valence-electron chi connectivity index (χ4n) is 3.15. The van der Waals surface area contributed by atoms with Crippen LogP contribution in [0.25, 0.3) is 16.9 Å². The van der Waals surface area contributed by atoms with Crippen LogP contribution in [0.3, 0.4) is 0 Å². The second-order valence-electron chi connectivity index (χ2n) is 7.65. The Bertz CT molecular complexity index is 1750. The zero-order chi connectivity index (χ0) is 28.4. The topological polar surface area (TPSA) is 229 Å². The molecule has 4 rings (SSSR count). The first kappa shape index (κ1) is 27.8. The SMILES string of the molecule is COc1ccc(-c2nn(-c3ccc(S(N)(=O)=O)cc3)cc2C(=O)OCC(=O)Nc2nnc(S(N)(=O)=O)s2)cc1. The number of amides is 1. The minimum absolute atomic E-state index is 0.00378. The number of primary sulfonamides is 2. The van der Waals surface area contributed by atoms with E-state index in [-0.39, 0.29) is 21.3 Å². The Balaban J connectivity index is 1.57. The molecule has 204 valence electrons. The minimum atomic E-state index is -4.09. The van der Waals surface area contributed by atoms with Crippen LogP contribution in [-0.2, 0) is 29.6 Å². The predicted molar refractivity (Wildman–Crippen MR) is 137 cm³/mol. The molecular formula is C21H19N7O8S3. The van der Waals surface area contributed by atoms with Crippen LogP contribution in [0.1, 0.15) is 10.4 Å². The first-order valence-electron chi connectivity index (χ1n) is 10.6. The van der Waals surface area contributed by atoms with E-state index in [2.05, 4.69) is 20.6 Å². The second kappa shape index (κ2) is 10.9. The maximum atomic E-state index is 13.0. The molecule has 0 aliphatic heterocycles. The lowest BCUT2D eigenvalue weighted by Crippen LogP contribution is -2.21. The number of hydrogen-bond acceptors (Lipinski definition) is 12. The molecule has 0 aliphatic carbocycles. The normalized spacial score (nSPS) is 11.7. The number of sulfonamides is 2. The average molecular weight is 594 g/mol. The Labute approximate surface area is 225 Å². The molecule has 2 aromatic carbocycles. The molecule has 5 N–H and O–H groups in total. The van der Waals surface area contributed by atoms with Gasteiger partial charge < -0.3 is 9.47 Å². The largest absolute Gasteiger partial charge is 0.497 e. The summed E-state index contributed by atoms with van der Waals surface area (Å²) in [5.74, 6) is -1.14. The molecule has 0 bridgehead atoms. The first-order valence-corrected chi connectivity index (χ1v) is 14.5. The zero-order valence-electron chi connectivity index (χ0n) is 19.8. The van der Waals surface area contributed by atoms with Gasteiger partial charge in [0.1, 0.15) is 17.0 Å². The number of anilines is 1. The van der Waals surface area contributed by atoms with Gasteiger partial charge in [-0.2, -0.15) is 5.10 Å². The van der Waals surface area contributed by atoms with E-state index < -0.39 is 42.9 Å². The van der Waals surface area contributed by atoms with E-state index in [4.69, 9.17) is 19.8 Å². The van der Waals surface area contributed by atoms with Gasteiger partial charge in [0, 0.05) is 11.8 Å². The lowest BCUT2D eigenvalue weighted by atomic mass is 10.1. The molecule has 39 heavy (non-hydrogen) atoms. The monoisotopic (exact) mass is 593 g/mol. The molecule has 0 fully saturated rings. The number of aromatic nitrogens is 4. The van der Waals surface area contributed by atoms with E-state index in [9.17, 15) is 26.4 Å². The number of nitrogens with zero attached hydrogens (tertiary/aromatic N) is 4. The van der Waals surface area contributed by atoms with Gasteiger partial charge in [-0.05, 0) is 48.5 Å². The molecule has 0 saturated carbocycles. The number of esters is 1. The molecule has 15 nitrogen and oxygen atoms in total. The van der Waals surface area contributed by atoms with E-state index in [1.54, 1.807) is 24.3 Å². The summed E-state index contributed by atoms with van der Waals surface area (Å²) in [6.07, 6.45) is 1.36. The Hall–Kier alpha value is -4.23. The minimum Gasteiger partial charge on any atom is -0.497 e. The van der Waals surface area contributed by atoms with Gasteiger partial charge in [0.15, 0.2) is 6.61 Å². The maximum Gasteiger partial charge on any atom is 0.342 e. The van der Waals surface area contributed by atoms with Crippen molar-refractivity contribution in [1.82, 2.24) is 20.0 Å². The number of nitrogens with two attached hydrogens (primary N) is 2. The average Bonchev–Trinajstić information content (AvgIpc) is 3.55. The Morgan fingerprint density at radius 2 is 1.64 bits per heavy atom. The van der Waals surface area contributed by atoms with Crippen LogP contribution in [-0.4, -0.2) is 62.4 Å². The number of rotatable bonds is 9. The molecule has 0 aliphatic rings. The van der Waals surface area contributed by atoms with Crippen LogP contribution in [0, 0.1) is 0 Å². The van der Waals surface area contributed by atoms with Crippen LogP contribution in [0.2, 0.25) is 0 Å². The van der Waals surface area contributed by atoms with E-state index in [1.165, 1.54) is 42.3 Å². The van der Waals surface area contributed by atoms with Gasteiger partial charge in [-0.15, -0.1) is 10.2 Å². The fourth-order valence-corrected chi connectivity index (χ4v) is 5.01. The second-order valence-corrected chi connectivity index (χ2v) is 11.9. The molecule has 2 heterocycles. The molecule has 4 aromatic rings. The highest BCUT2D eigenvalue weighted by Crippen LogP contribution is 2.27. The number of carbonyl (C=O) groups is 2. The molecule has 1 amide bonds. The summed E-state index contributed by atoms with van der Waals surface area (Å²) in [5.41, 5.74) is 1.14. The molecule has 0 atom stereocenters. The van der Waals surface area contributed by atoms with Gasteiger partial charge in [0.25, 0.3) is 15.9 Å². The van der Waals surface area contributed by atoms with Gasteiger partial charge in [-0.1, -0.05) is 11.3 Å². The van der Waals surface area contributed by atoms with Crippen molar-refractivity contribution in [2.75, 3.05) is 19.0 Å². The Morgan fingerprint density at radius 3 is 2.21 bits per heavy atom. The van der Waals surface area contributed by atoms with Gasteiger partial charge in [-0.25, -0.2) is 36.6 Å². The van der Waals surface area contributed by atoms with Crippen LogP contribution in [0.4, 0.5) is 5.13 Å².